The summed E-state index contributed by atoms with van der Waals surface area (Å²) < 4.78 is 12.5. The highest BCUT2D eigenvalue weighted by Crippen LogP contribution is 2.30. The first kappa shape index (κ1) is 21.5. The van der Waals surface area contributed by atoms with Crippen LogP contribution in [0.5, 0.6) is 5.75 Å². The molecule has 6 nitrogen and oxygen atoms in total. The third-order valence-corrected chi connectivity index (χ3v) is 6.21. The monoisotopic (exact) mass is 446 g/mol. The number of ether oxygens (including phenoxy) is 2. The molecule has 2 heterocycles. The number of carbonyl (C=O) groups excluding carboxylic acids is 1. The summed E-state index contributed by atoms with van der Waals surface area (Å²) in [6.45, 7) is 1.76. The third-order valence-electron chi connectivity index (χ3n) is 5.20. The number of thiazole rings is 1. The fourth-order valence-electron chi connectivity index (χ4n) is 3.70. The minimum absolute atomic E-state index is 0.207. The van der Waals surface area contributed by atoms with Gasteiger partial charge in [0.1, 0.15) is 5.75 Å². The summed E-state index contributed by atoms with van der Waals surface area (Å²) >= 11 is 1.29. The van der Waals surface area contributed by atoms with Crippen molar-refractivity contribution in [2.45, 2.75) is 13.0 Å². The molecule has 7 heteroatoms. The van der Waals surface area contributed by atoms with Crippen molar-refractivity contribution in [2.24, 2.45) is 4.99 Å². The van der Waals surface area contributed by atoms with Gasteiger partial charge in [-0.3, -0.25) is 9.36 Å². The van der Waals surface area contributed by atoms with Gasteiger partial charge in [-0.25, -0.2) is 9.79 Å². The molecule has 1 aliphatic heterocycles. The van der Waals surface area contributed by atoms with Crippen LogP contribution in [-0.4, -0.2) is 24.8 Å². The van der Waals surface area contributed by atoms with Crippen molar-refractivity contribution in [3.63, 3.8) is 0 Å². The molecule has 0 bridgehead atoms. The molecule has 0 spiro atoms. The number of esters is 1. The number of hydrogen-bond acceptors (Lipinski definition) is 6. The highest BCUT2D eigenvalue weighted by Gasteiger charge is 2.32. The van der Waals surface area contributed by atoms with Gasteiger partial charge >= 0.3 is 5.97 Å². The van der Waals surface area contributed by atoms with Gasteiger partial charge < -0.3 is 9.47 Å². The summed E-state index contributed by atoms with van der Waals surface area (Å²) in [5.41, 5.74) is 2.43. The second-order valence-corrected chi connectivity index (χ2v) is 8.12. The Balaban J connectivity index is 1.85. The Labute approximate surface area is 189 Å². The molecule has 1 aliphatic rings. The van der Waals surface area contributed by atoms with Crippen LogP contribution in [0.3, 0.4) is 0 Å². The number of allylic oxidation sites excluding steroid dienone is 2. The first-order chi connectivity index (χ1) is 15.5. The lowest BCUT2D eigenvalue weighted by Gasteiger charge is -2.24. The number of nitrogens with zero attached hydrogens (tertiary/aromatic N) is 2. The highest BCUT2D eigenvalue weighted by molar-refractivity contribution is 7.07. The Hall–Kier alpha value is -3.71. The van der Waals surface area contributed by atoms with Crippen molar-refractivity contribution >= 4 is 29.5 Å². The van der Waals surface area contributed by atoms with E-state index in [0.29, 0.717) is 20.6 Å². The molecule has 0 N–H and O–H groups in total. The summed E-state index contributed by atoms with van der Waals surface area (Å²) in [5, 5.41) is 0. The predicted octanol–water partition coefficient (Wildman–Crippen LogP) is 3.08. The lowest BCUT2D eigenvalue weighted by Crippen LogP contribution is -2.39. The molecule has 32 heavy (non-hydrogen) atoms. The van der Waals surface area contributed by atoms with Gasteiger partial charge in [-0.15, -0.1) is 0 Å². The summed E-state index contributed by atoms with van der Waals surface area (Å²) in [7, 11) is 2.95. The van der Waals surface area contributed by atoms with E-state index in [-0.39, 0.29) is 5.56 Å². The molecule has 1 unspecified atom stereocenters. The number of hydrogen-bond donors (Lipinski definition) is 0. The molecule has 162 valence electrons. The normalized spacial score (nSPS) is 16.1. The van der Waals surface area contributed by atoms with E-state index in [2.05, 4.69) is 4.99 Å². The van der Waals surface area contributed by atoms with Crippen LogP contribution in [0.1, 0.15) is 24.1 Å². The Kier molecular flexibility index (Phi) is 6.18. The van der Waals surface area contributed by atoms with Gasteiger partial charge in [0, 0.05) is 5.56 Å². The molecule has 0 saturated heterocycles. The van der Waals surface area contributed by atoms with Gasteiger partial charge in [-0.05, 0) is 24.6 Å². The van der Waals surface area contributed by atoms with Crippen molar-refractivity contribution < 1.29 is 14.3 Å². The van der Waals surface area contributed by atoms with Crippen LogP contribution >= 0.6 is 11.3 Å². The number of carbonyl (C=O) groups is 1. The maximum Gasteiger partial charge on any atom is 0.338 e. The van der Waals surface area contributed by atoms with Crippen molar-refractivity contribution in [3.05, 3.63) is 103 Å². The van der Waals surface area contributed by atoms with E-state index >= 15 is 0 Å². The fourth-order valence-corrected chi connectivity index (χ4v) is 4.70. The largest absolute Gasteiger partial charge is 0.496 e. The molecule has 0 radical (unpaired) electrons. The van der Waals surface area contributed by atoms with Crippen LogP contribution < -0.4 is 19.6 Å². The number of para-hydroxylation sites is 1. The zero-order valence-corrected chi connectivity index (χ0v) is 18.8. The predicted molar refractivity (Wildman–Crippen MR) is 125 cm³/mol. The standard InChI is InChI=1S/C25H22N2O4S/c1-16-21(24(29)31-3)22(18-11-5-4-6-12-18)27-23(28)20(32-25(27)26-16)15-9-13-17-10-7-8-14-19(17)30-2/h4-15,22H,1-3H3. The van der Waals surface area contributed by atoms with Crippen LogP contribution in [-0.2, 0) is 9.53 Å². The molecular weight excluding hydrogens is 424 g/mol. The number of methoxy groups -OCH3 is 2. The van der Waals surface area contributed by atoms with E-state index in [1.54, 1.807) is 24.7 Å². The quantitative estimate of drug-likeness (QED) is 0.565. The van der Waals surface area contributed by atoms with Crippen molar-refractivity contribution in [3.8, 4) is 5.75 Å². The minimum Gasteiger partial charge on any atom is -0.496 e. The second-order valence-electron chi connectivity index (χ2n) is 7.11. The fraction of sp³-hybridized carbons (Fsp3) is 0.160. The Morgan fingerprint density at radius 1 is 1.09 bits per heavy atom. The first-order valence-electron chi connectivity index (χ1n) is 10.0. The smallest absolute Gasteiger partial charge is 0.338 e. The molecule has 3 aromatic rings. The van der Waals surface area contributed by atoms with Crippen molar-refractivity contribution in [1.82, 2.24) is 4.57 Å². The van der Waals surface area contributed by atoms with E-state index in [1.165, 1.54) is 18.4 Å². The van der Waals surface area contributed by atoms with Crippen LogP contribution in [0, 0.1) is 0 Å². The van der Waals surface area contributed by atoms with Gasteiger partial charge in [-0.2, -0.15) is 0 Å². The maximum atomic E-state index is 13.4. The molecule has 0 aliphatic carbocycles. The SMILES string of the molecule is COC(=O)C1=C(C)N=c2sc(=CC=Cc3ccccc3OC)c(=O)n2C1c1ccccc1. The van der Waals surface area contributed by atoms with Crippen LogP contribution in [0.15, 0.2) is 81.7 Å². The third kappa shape index (κ3) is 3.94. The number of rotatable bonds is 5. The van der Waals surface area contributed by atoms with Gasteiger partial charge in [-0.1, -0.05) is 72.0 Å². The zero-order chi connectivity index (χ0) is 22.7. The van der Waals surface area contributed by atoms with Gasteiger partial charge in [0.25, 0.3) is 5.56 Å². The first-order valence-corrected chi connectivity index (χ1v) is 10.8. The minimum atomic E-state index is -0.597. The molecule has 1 aromatic heterocycles. The Morgan fingerprint density at radius 3 is 2.53 bits per heavy atom. The highest BCUT2D eigenvalue weighted by atomic mass is 32.1. The molecule has 1 atom stereocenters. The van der Waals surface area contributed by atoms with Gasteiger partial charge in [0.2, 0.25) is 0 Å². The van der Waals surface area contributed by atoms with Crippen LogP contribution in [0.4, 0.5) is 0 Å². The lowest BCUT2D eigenvalue weighted by atomic mass is 9.96. The lowest BCUT2D eigenvalue weighted by molar-refractivity contribution is -0.136. The van der Waals surface area contributed by atoms with Gasteiger partial charge in [0.05, 0.1) is 36.1 Å². The van der Waals surface area contributed by atoms with Crippen molar-refractivity contribution in [1.29, 1.82) is 0 Å². The van der Waals surface area contributed by atoms with Gasteiger partial charge in [0.15, 0.2) is 4.80 Å². The molecular formula is C25H22N2O4S. The summed E-state index contributed by atoms with van der Waals surface area (Å²) in [5.74, 6) is 0.256. The average molecular weight is 447 g/mol. The number of aromatic nitrogens is 1. The van der Waals surface area contributed by atoms with E-state index < -0.39 is 12.0 Å². The van der Waals surface area contributed by atoms with Crippen LogP contribution in [0.2, 0.25) is 0 Å². The second kappa shape index (κ2) is 9.20. The van der Waals surface area contributed by atoms with E-state index in [0.717, 1.165) is 16.9 Å². The zero-order valence-electron chi connectivity index (χ0n) is 17.9. The van der Waals surface area contributed by atoms with E-state index in [1.807, 2.05) is 66.7 Å². The van der Waals surface area contributed by atoms with Crippen molar-refractivity contribution in [2.75, 3.05) is 14.2 Å². The van der Waals surface area contributed by atoms with Crippen LogP contribution in [0.25, 0.3) is 12.2 Å². The summed E-state index contributed by atoms with van der Waals surface area (Å²) in [6, 6.07) is 16.5. The Morgan fingerprint density at radius 2 is 1.81 bits per heavy atom. The Bertz CT molecular complexity index is 1400. The average Bonchev–Trinajstić information content (AvgIpc) is 3.13. The topological polar surface area (TPSA) is 69.9 Å². The van der Waals surface area contributed by atoms with E-state index in [9.17, 15) is 9.59 Å². The van der Waals surface area contributed by atoms with E-state index in [4.69, 9.17) is 9.47 Å². The molecule has 0 saturated carbocycles. The molecule has 4 rings (SSSR count). The maximum absolute atomic E-state index is 13.4. The number of fused-ring (bicyclic) bond motifs is 1. The molecule has 2 aromatic carbocycles. The number of benzene rings is 2. The molecule has 0 fully saturated rings. The summed E-state index contributed by atoms with van der Waals surface area (Å²) in [6.07, 6.45) is 5.46. The summed E-state index contributed by atoms with van der Waals surface area (Å²) in [4.78, 5) is 31.1. The molecule has 0 amide bonds.